The van der Waals surface area contributed by atoms with Crippen LogP contribution in [0.3, 0.4) is 0 Å². The van der Waals surface area contributed by atoms with Crippen LogP contribution in [-0.4, -0.2) is 212 Å². The van der Waals surface area contributed by atoms with E-state index in [0.29, 0.717) is 6.42 Å². The van der Waals surface area contributed by atoms with Gasteiger partial charge in [-0.1, -0.05) is 45.7 Å². The molecule has 11 amide bonds. The predicted octanol–water partition coefficient (Wildman–Crippen LogP) is -6.27. The van der Waals surface area contributed by atoms with Crippen LogP contribution in [0.15, 0.2) is 24.3 Å². The summed E-state index contributed by atoms with van der Waals surface area (Å²) < 4.78 is 5.59. The quantitative estimate of drug-likeness (QED) is 0.0292. The average molecular weight is 1280 g/mol. The van der Waals surface area contributed by atoms with Crippen LogP contribution in [0.1, 0.15) is 110 Å². The number of aliphatic carboxylic acids is 4. The fourth-order valence-corrected chi connectivity index (χ4v) is 8.47. The Kier molecular flexibility index (Phi) is 31.1. The smallest absolute Gasteiger partial charge is 0.329 e. The second-order valence-corrected chi connectivity index (χ2v) is 21.0. The molecule has 0 saturated carbocycles. The molecule has 11 unspecified atom stereocenters. The van der Waals surface area contributed by atoms with Gasteiger partial charge in [0.2, 0.25) is 65.0 Å². The van der Waals surface area contributed by atoms with Gasteiger partial charge in [-0.15, -0.1) is 0 Å². The van der Waals surface area contributed by atoms with Crippen LogP contribution in [-0.2, 0) is 86.2 Å². The number of carboxylic acids is 4. The van der Waals surface area contributed by atoms with Crippen LogP contribution < -0.4 is 64.2 Å². The number of Topliss-reactive ketones (excluding diaryl/α,β-unsaturated/α-hetero) is 2. The summed E-state index contributed by atoms with van der Waals surface area (Å²) >= 11 is 0. The Bertz CT molecular complexity index is 2900. The third kappa shape index (κ3) is 26.0. The number of nitrogens with one attached hydrogen (secondary N) is 11. The Morgan fingerprint density at radius 3 is 1.67 bits per heavy atom. The summed E-state index contributed by atoms with van der Waals surface area (Å²) in [6.07, 6.45) is -7.55. The minimum absolute atomic E-state index is 0.147. The predicted molar refractivity (Wildman–Crippen MR) is 304 cm³/mol. The number of amides is 11. The molecule has 1 aliphatic rings. The number of nitrogens with two attached hydrogens (primary N) is 1. The summed E-state index contributed by atoms with van der Waals surface area (Å²) in [6, 6.07) is -12.8. The zero-order valence-corrected chi connectivity index (χ0v) is 49.8. The number of anilines is 1. The molecule has 90 heavy (non-hydrogen) atoms. The molecule has 18 N–H and O–H groups in total. The number of cyclic esters (lactones) is 1. The van der Waals surface area contributed by atoms with E-state index >= 15 is 0 Å². The van der Waals surface area contributed by atoms with Gasteiger partial charge < -0.3 is 99.3 Å². The number of aliphatic hydroxyl groups is 1. The van der Waals surface area contributed by atoms with E-state index in [1.165, 1.54) is 31.2 Å². The number of aliphatic hydroxyl groups excluding tert-OH is 1. The zero-order valence-electron chi connectivity index (χ0n) is 49.8. The first-order chi connectivity index (χ1) is 42.1. The van der Waals surface area contributed by atoms with E-state index in [1.54, 1.807) is 6.92 Å². The second-order valence-electron chi connectivity index (χ2n) is 21.0. The molecule has 1 aromatic carbocycles. The van der Waals surface area contributed by atoms with Gasteiger partial charge in [-0.25, -0.2) is 4.79 Å². The normalized spacial score (nSPS) is 23.5. The van der Waals surface area contributed by atoms with E-state index in [9.17, 15) is 112 Å². The Hall–Kier alpha value is -10.2. The average Bonchev–Trinajstić information content (AvgIpc) is 1.15. The van der Waals surface area contributed by atoms with Crippen molar-refractivity contribution in [3.63, 3.8) is 0 Å². The summed E-state index contributed by atoms with van der Waals surface area (Å²) in [5, 5.41) is 72.3. The molecule has 496 valence electrons. The molecule has 1 saturated heterocycles. The molecule has 0 aromatic heterocycles. The van der Waals surface area contributed by atoms with E-state index in [1.807, 2.05) is 16.0 Å². The van der Waals surface area contributed by atoms with Gasteiger partial charge in [-0.3, -0.25) is 76.7 Å². The lowest BCUT2D eigenvalue weighted by atomic mass is 9.96. The SMILES string of the molecule is CCCCC1NC(=O)CNC(=O)C(NC(=O)C(CC(=O)O)NC(=O)[C@H](C)CC(C)=O)C(C)OC(=O)C(CC(=O)c2ccccc2N)NC(=O)C(C(C)CC(=O)O)NC(=O)C(CO)NC(=O)CNC(=O)C(CC(=O)O)NC(=O)C(C)NC(=O)C(CC(=O)O)NC1=O. The van der Waals surface area contributed by atoms with Crippen LogP contribution in [0, 0.1) is 11.8 Å². The maximum absolute atomic E-state index is 14.5. The lowest BCUT2D eigenvalue weighted by Crippen LogP contribution is -2.61. The molecule has 1 heterocycles. The van der Waals surface area contributed by atoms with Gasteiger partial charge in [-0.05, 0) is 45.2 Å². The molecule has 0 radical (unpaired) electrons. The molecule has 0 bridgehead atoms. The van der Waals surface area contributed by atoms with Crippen LogP contribution in [0.5, 0.6) is 0 Å². The van der Waals surface area contributed by atoms with Gasteiger partial charge in [0.25, 0.3) is 0 Å². The third-order valence-electron chi connectivity index (χ3n) is 13.3. The number of ether oxygens (including phenoxy) is 1. The van der Waals surface area contributed by atoms with Crippen molar-refractivity contribution < 1.29 is 117 Å². The van der Waals surface area contributed by atoms with Gasteiger partial charge in [0.1, 0.15) is 66.3 Å². The fraction of sp³-hybridized carbons (Fsp3) is 0.556. The number of ketones is 2. The van der Waals surface area contributed by atoms with Crippen molar-refractivity contribution in [2.24, 2.45) is 11.8 Å². The first-order valence-electron chi connectivity index (χ1n) is 27.9. The Balaban J connectivity index is 2.93. The Morgan fingerprint density at radius 2 is 1.12 bits per heavy atom. The molecule has 36 nitrogen and oxygen atoms in total. The molecular formula is C54H76N12O24. The maximum Gasteiger partial charge on any atom is 0.329 e. The van der Waals surface area contributed by atoms with Crippen LogP contribution in [0.4, 0.5) is 5.69 Å². The summed E-state index contributed by atoms with van der Waals surface area (Å²) in [5.74, 6) is -26.7. The van der Waals surface area contributed by atoms with Gasteiger partial charge in [0.05, 0.1) is 45.4 Å². The van der Waals surface area contributed by atoms with Crippen molar-refractivity contribution in [3.8, 4) is 0 Å². The van der Waals surface area contributed by atoms with Crippen LogP contribution >= 0.6 is 0 Å². The van der Waals surface area contributed by atoms with Crippen LogP contribution in [0.25, 0.3) is 0 Å². The molecule has 1 fully saturated rings. The minimum Gasteiger partial charge on any atom is -0.481 e. The number of unbranched alkanes of at least 4 members (excludes halogenated alkanes) is 1. The number of nitrogen functional groups attached to an aromatic ring is 1. The number of carboxylic acid groups (broad SMARTS) is 4. The zero-order chi connectivity index (χ0) is 68.3. The van der Waals surface area contributed by atoms with E-state index < -0.39 is 231 Å². The fourth-order valence-electron chi connectivity index (χ4n) is 8.47. The van der Waals surface area contributed by atoms with E-state index in [-0.39, 0.29) is 30.5 Å². The second kappa shape index (κ2) is 36.9. The molecule has 36 heteroatoms. The van der Waals surface area contributed by atoms with Crippen molar-refractivity contribution in [1.29, 1.82) is 0 Å². The van der Waals surface area contributed by atoms with E-state index in [4.69, 9.17) is 10.5 Å². The Labute approximate surface area is 512 Å². The van der Waals surface area contributed by atoms with Crippen molar-refractivity contribution >= 4 is 112 Å². The van der Waals surface area contributed by atoms with Crippen molar-refractivity contribution in [2.75, 3.05) is 25.4 Å². The topological polar surface area (TPSA) is 576 Å². The summed E-state index contributed by atoms with van der Waals surface area (Å²) in [7, 11) is 0. The molecule has 0 spiro atoms. The number of hydrogen-bond donors (Lipinski definition) is 17. The standard InChI is InChI=1S/C54H76N12O24/c1-7-8-13-30-48(83)63-32(18-41(76)77)49(84)58-26(5)46(81)62-31(17-40(74)75)47(82)56-20-38(71)60-35(22-67)51(86)65-43(23(2)15-39(72)73)53(88)64-34(16-36(69)28-11-9-10-12-29(28)55)54(89)90-27(6)44(52(87)57-21-37(70)59-30)66-50(85)33(19-42(78)79)61-45(80)24(3)14-25(4)68/h9-12,23-24,26-27,30-35,43-44,67H,7-8,13-22,55H2,1-6H3,(H,56,82)(H,57,87)(H,58,84)(H,59,70)(H,60,71)(H,61,80)(H,62,81)(H,63,83)(H,64,88)(H,65,86)(H,66,85)(H,72,73)(H,74,75)(H,76,77)(H,78,79)/t23?,24-,26?,27?,30?,31?,32?,33?,34?,35?,43?,44?/m1/s1. The van der Waals surface area contributed by atoms with Gasteiger partial charge in [0.15, 0.2) is 5.78 Å². The van der Waals surface area contributed by atoms with Gasteiger partial charge in [-0.2, -0.15) is 0 Å². The number of rotatable bonds is 22. The maximum atomic E-state index is 14.5. The Morgan fingerprint density at radius 1 is 0.600 bits per heavy atom. The van der Waals surface area contributed by atoms with Gasteiger partial charge in [0, 0.05) is 30.0 Å². The van der Waals surface area contributed by atoms with Crippen molar-refractivity contribution in [2.45, 2.75) is 160 Å². The number of para-hydroxylation sites is 1. The molecule has 0 aliphatic carbocycles. The van der Waals surface area contributed by atoms with E-state index in [2.05, 4.69) is 42.5 Å². The van der Waals surface area contributed by atoms with Crippen LogP contribution in [0.2, 0.25) is 0 Å². The van der Waals surface area contributed by atoms with Crippen molar-refractivity contribution in [3.05, 3.63) is 29.8 Å². The largest absolute Gasteiger partial charge is 0.481 e. The number of carbonyl (C=O) groups is 18. The summed E-state index contributed by atoms with van der Waals surface area (Å²) in [6.45, 7) is 3.63. The summed E-state index contributed by atoms with van der Waals surface area (Å²) in [5.41, 5.74) is 5.65. The lowest BCUT2D eigenvalue weighted by Gasteiger charge is -2.30. The van der Waals surface area contributed by atoms with Crippen molar-refractivity contribution in [1.82, 2.24) is 58.5 Å². The number of benzene rings is 1. The highest BCUT2D eigenvalue weighted by Gasteiger charge is 2.40. The monoisotopic (exact) mass is 1280 g/mol. The number of esters is 1. The highest BCUT2D eigenvalue weighted by Crippen LogP contribution is 2.18. The molecule has 1 aromatic rings. The lowest BCUT2D eigenvalue weighted by molar-refractivity contribution is -0.156. The third-order valence-corrected chi connectivity index (χ3v) is 13.3. The van der Waals surface area contributed by atoms with Gasteiger partial charge >= 0.3 is 29.8 Å². The highest BCUT2D eigenvalue weighted by atomic mass is 16.5. The molecule has 2 rings (SSSR count). The highest BCUT2D eigenvalue weighted by molar-refractivity contribution is 6.04. The first kappa shape index (κ1) is 75.9. The molecular weight excluding hydrogens is 1200 g/mol. The summed E-state index contributed by atoms with van der Waals surface area (Å²) in [4.78, 5) is 238. The minimum atomic E-state index is -2.26. The number of carbonyl (C=O) groups excluding carboxylic acids is 14. The number of hydrogen-bond acceptors (Lipinski definition) is 21. The first-order valence-corrected chi connectivity index (χ1v) is 27.9. The molecule has 1 aliphatic heterocycles. The van der Waals surface area contributed by atoms with E-state index in [0.717, 1.165) is 27.7 Å². The molecule has 12 atom stereocenters.